The van der Waals surface area contributed by atoms with Gasteiger partial charge in [-0.15, -0.1) is 0 Å². The van der Waals surface area contributed by atoms with Crippen LogP contribution < -0.4 is 10.1 Å². The lowest BCUT2D eigenvalue weighted by Crippen LogP contribution is -2.27. The van der Waals surface area contributed by atoms with Crippen molar-refractivity contribution in [3.05, 3.63) is 54.6 Å². The van der Waals surface area contributed by atoms with Crippen LogP contribution in [0.4, 0.5) is 14.5 Å². The van der Waals surface area contributed by atoms with E-state index in [9.17, 15) is 22.0 Å². The van der Waals surface area contributed by atoms with E-state index in [1.807, 2.05) is 6.92 Å². The van der Waals surface area contributed by atoms with Gasteiger partial charge < -0.3 is 10.1 Å². The molecule has 0 atom stereocenters. The van der Waals surface area contributed by atoms with Gasteiger partial charge in [0.2, 0.25) is 10.0 Å². The highest BCUT2D eigenvalue weighted by Gasteiger charge is 2.26. The molecule has 11 nitrogen and oxygen atoms in total. The minimum absolute atomic E-state index is 0.0323. The van der Waals surface area contributed by atoms with Crippen LogP contribution in [-0.4, -0.2) is 63.2 Å². The number of amides is 1. The van der Waals surface area contributed by atoms with E-state index >= 15 is 0 Å². The number of fused-ring (bicyclic) bond motifs is 1. The van der Waals surface area contributed by atoms with Crippen LogP contribution in [0, 0.1) is 0 Å². The molecule has 1 N–H and O–H groups in total. The van der Waals surface area contributed by atoms with Crippen LogP contribution in [0.2, 0.25) is 0 Å². The van der Waals surface area contributed by atoms with Gasteiger partial charge in [-0.1, -0.05) is 6.92 Å². The lowest BCUT2D eigenvalue weighted by atomic mass is 10.1. The van der Waals surface area contributed by atoms with Gasteiger partial charge in [-0.3, -0.25) is 9.48 Å². The molecule has 0 radical (unpaired) electrons. The predicted molar refractivity (Wildman–Crippen MR) is 126 cm³/mol. The first kappa shape index (κ1) is 25.2. The van der Waals surface area contributed by atoms with Crippen molar-refractivity contribution >= 4 is 27.3 Å². The van der Waals surface area contributed by atoms with Crippen molar-refractivity contribution in [3.8, 4) is 17.0 Å². The van der Waals surface area contributed by atoms with E-state index < -0.39 is 22.5 Å². The number of alkyl halides is 2. The SMILES string of the molecule is CCCN(C)S(=O)(=O)c1ccc(OC(F)F)c(-c2nn(C)cc2NC(=O)c2cnn3cccnc23)c1. The Balaban J connectivity index is 1.78. The maximum atomic E-state index is 13.2. The highest BCUT2D eigenvalue weighted by atomic mass is 32.2. The van der Waals surface area contributed by atoms with E-state index in [1.165, 1.54) is 51.3 Å². The van der Waals surface area contributed by atoms with E-state index in [1.54, 1.807) is 19.3 Å². The summed E-state index contributed by atoms with van der Waals surface area (Å²) in [5, 5.41) is 11.1. The number of anilines is 1. The zero-order valence-corrected chi connectivity index (χ0v) is 20.4. The van der Waals surface area contributed by atoms with Gasteiger partial charge in [-0.25, -0.2) is 22.2 Å². The van der Waals surface area contributed by atoms with Crippen LogP contribution in [-0.2, 0) is 17.1 Å². The van der Waals surface area contributed by atoms with Gasteiger partial charge in [0.15, 0.2) is 5.65 Å². The van der Waals surface area contributed by atoms with E-state index in [4.69, 9.17) is 0 Å². The van der Waals surface area contributed by atoms with Gasteiger partial charge in [0.05, 0.1) is 16.8 Å². The summed E-state index contributed by atoms with van der Waals surface area (Å²) < 4.78 is 61.0. The molecule has 0 spiro atoms. The molecule has 36 heavy (non-hydrogen) atoms. The highest BCUT2D eigenvalue weighted by Crippen LogP contribution is 2.37. The topological polar surface area (TPSA) is 124 Å². The lowest BCUT2D eigenvalue weighted by molar-refractivity contribution is -0.0494. The average Bonchev–Trinajstić information content (AvgIpc) is 3.42. The molecule has 4 rings (SSSR count). The van der Waals surface area contributed by atoms with Crippen LogP contribution in [0.5, 0.6) is 5.75 Å². The molecule has 0 aliphatic rings. The van der Waals surface area contributed by atoms with Crippen molar-refractivity contribution in [2.75, 3.05) is 18.9 Å². The Kier molecular flexibility index (Phi) is 6.99. The van der Waals surface area contributed by atoms with Crippen LogP contribution in [0.15, 0.2) is 53.9 Å². The number of carbonyl (C=O) groups is 1. The van der Waals surface area contributed by atoms with Gasteiger partial charge in [0, 0.05) is 44.8 Å². The number of halogens is 2. The molecule has 3 heterocycles. The molecule has 3 aromatic heterocycles. The van der Waals surface area contributed by atoms with Crippen molar-refractivity contribution in [2.45, 2.75) is 24.9 Å². The van der Waals surface area contributed by atoms with Crippen LogP contribution in [0.3, 0.4) is 0 Å². The molecule has 1 amide bonds. The first-order valence-corrected chi connectivity index (χ1v) is 12.2. The van der Waals surface area contributed by atoms with Crippen LogP contribution in [0.25, 0.3) is 16.9 Å². The molecule has 0 aliphatic carbocycles. The van der Waals surface area contributed by atoms with Crippen molar-refractivity contribution in [3.63, 3.8) is 0 Å². The molecule has 0 saturated carbocycles. The van der Waals surface area contributed by atoms with E-state index in [0.717, 1.165) is 6.07 Å². The number of aryl methyl sites for hydroxylation is 1. The Morgan fingerprint density at radius 3 is 2.81 bits per heavy atom. The molecule has 1 aromatic carbocycles. The Morgan fingerprint density at radius 2 is 2.08 bits per heavy atom. The zero-order chi connectivity index (χ0) is 26.0. The van der Waals surface area contributed by atoms with E-state index in [-0.39, 0.29) is 39.7 Å². The van der Waals surface area contributed by atoms with E-state index in [2.05, 4.69) is 25.2 Å². The van der Waals surface area contributed by atoms with Gasteiger partial charge in [0.25, 0.3) is 5.91 Å². The molecule has 0 fully saturated rings. The third-order valence-corrected chi connectivity index (χ3v) is 7.12. The molecule has 14 heteroatoms. The second-order valence-corrected chi connectivity index (χ2v) is 9.87. The quantitative estimate of drug-likeness (QED) is 0.361. The number of nitrogens with one attached hydrogen (secondary N) is 1. The highest BCUT2D eigenvalue weighted by molar-refractivity contribution is 7.89. The third-order valence-electron chi connectivity index (χ3n) is 5.27. The maximum Gasteiger partial charge on any atom is 0.387 e. The summed E-state index contributed by atoms with van der Waals surface area (Å²) in [6.07, 6.45) is 6.53. The molecule has 0 unspecified atom stereocenters. The lowest BCUT2D eigenvalue weighted by Gasteiger charge is -2.18. The second kappa shape index (κ2) is 9.99. The van der Waals surface area contributed by atoms with Gasteiger partial charge in [-0.05, 0) is 30.7 Å². The number of hydrogen-bond acceptors (Lipinski definition) is 7. The first-order valence-electron chi connectivity index (χ1n) is 10.8. The van der Waals surface area contributed by atoms with Gasteiger partial charge in [0.1, 0.15) is 17.0 Å². The zero-order valence-electron chi connectivity index (χ0n) is 19.6. The van der Waals surface area contributed by atoms with Gasteiger partial charge >= 0.3 is 6.61 Å². The average molecular weight is 520 g/mol. The van der Waals surface area contributed by atoms with E-state index in [0.29, 0.717) is 12.1 Å². The second-order valence-electron chi connectivity index (χ2n) is 7.83. The smallest absolute Gasteiger partial charge is 0.387 e. The predicted octanol–water partition coefficient (Wildman–Crippen LogP) is 3.01. The normalized spacial score (nSPS) is 12.0. The summed E-state index contributed by atoms with van der Waals surface area (Å²) in [7, 11) is -0.919. The Hall–Kier alpha value is -3.91. The van der Waals surface area contributed by atoms with Crippen LogP contribution >= 0.6 is 0 Å². The van der Waals surface area contributed by atoms with Crippen molar-refractivity contribution < 1.29 is 26.7 Å². The fourth-order valence-corrected chi connectivity index (χ4v) is 4.91. The molecule has 4 aromatic rings. The fraction of sp³-hybridized carbons (Fsp3) is 0.273. The Labute approximate surface area is 205 Å². The number of sulfonamides is 1. The summed E-state index contributed by atoms with van der Waals surface area (Å²) in [6, 6.07) is 5.19. The summed E-state index contributed by atoms with van der Waals surface area (Å²) in [5.74, 6) is -0.866. The molecule has 0 saturated heterocycles. The van der Waals surface area contributed by atoms with Crippen molar-refractivity contribution in [1.29, 1.82) is 0 Å². The van der Waals surface area contributed by atoms with Gasteiger partial charge in [-0.2, -0.15) is 19.0 Å². The summed E-state index contributed by atoms with van der Waals surface area (Å²) in [4.78, 5) is 17.1. The minimum Gasteiger partial charge on any atom is -0.434 e. The standard InChI is InChI=1S/C22H23F2N7O4S/c1-4-9-30(3)36(33,34)14-6-7-18(35-22(23)24)15(11-14)19-17(13-29(2)28-19)27-21(32)16-12-26-31-10-5-8-25-20(16)31/h5-8,10-13,22H,4,9H2,1-3H3,(H,27,32). The monoisotopic (exact) mass is 519 g/mol. The van der Waals surface area contributed by atoms with Crippen molar-refractivity contribution in [2.24, 2.45) is 7.05 Å². The number of nitrogens with zero attached hydrogens (tertiary/aromatic N) is 6. The molecular formula is C22H23F2N7O4S. The summed E-state index contributed by atoms with van der Waals surface area (Å²) in [5.41, 5.74) is 0.644. The number of ether oxygens (including phenoxy) is 1. The third kappa shape index (κ3) is 4.90. The Bertz CT molecular complexity index is 1520. The number of benzene rings is 1. The first-order chi connectivity index (χ1) is 17.1. The fourth-order valence-electron chi connectivity index (χ4n) is 3.62. The minimum atomic E-state index is -3.92. The van der Waals surface area contributed by atoms with Crippen molar-refractivity contribution in [1.82, 2.24) is 28.7 Å². The summed E-state index contributed by atoms with van der Waals surface area (Å²) >= 11 is 0. The summed E-state index contributed by atoms with van der Waals surface area (Å²) in [6.45, 7) is -1.06. The molecule has 0 aliphatic heterocycles. The molecular weight excluding hydrogens is 496 g/mol. The number of rotatable bonds is 9. The number of hydrogen-bond donors (Lipinski definition) is 1. The number of aromatic nitrogens is 5. The molecule has 0 bridgehead atoms. The van der Waals surface area contributed by atoms with Crippen LogP contribution in [0.1, 0.15) is 23.7 Å². The molecule has 190 valence electrons. The largest absolute Gasteiger partial charge is 0.434 e. The number of carbonyl (C=O) groups excluding carboxylic acids is 1. The maximum absolute atomic E-state index is 13.2. The Morgan fingerprint density at radius 1 is 1.31 bits per heavy atom.